The summed E-state index contributed by atoms with van der Waals surface area (Å²) in [5.74, 6) is 0.942. The van der Waals surface area contributed by atoms with Crippen molar-refractivity contribution in [1.29, 1.82) is 0 Å². The molecule has 0 bridgehead atoms. The number of para-hydroxylation sites is 1. The summed E-state index contributed by atoms with van der Waals surface area (Å²) in [6, 6.07) is 7.34. The van der Waals surface area contributed by atoms with Gasteiger partial charge >= 0.3 is 6.03 Å². The van der Waals surface area contributed by atoms with Crippen LogP contribution in [-0.2, 0) is 4.79 Å². The Morgan fingerprint density at radius 1 is 1.19 bits per heavy atom. The lowest BCUT2D eigenvalue weighted by molar-refractivity contribution is -0.119. The summed E-state index contributed by atoms with van der Waals surface area (Å²) in [7, 11) is 0. The van der Waals surface area contributed by atoms with E-state index in [0.29, 0.717) is 5.92 Å². The number of rotatable bonds is 4. The highest BCUT2D eigenvalue weighted by Crippen LogP contribution is 2.40. The minimum atomic E-state index is -0.485. The van der Waals surface area contributed by atoms with Crippen molar-refractivity contribution in [3.63, 3.8) is 0 Å². The van der Waals surface area contributed by atoms with Crippen LogP contribution in [0.2, 0.25) is 0 Å². The summed E-state index contributed by atoms with van der Waals surface area (Å²) in [6.45, 7) is 7.36. The number of imide groups is 1. The lowest BCUT2D eigenvalue weighted by atomic mass is 10.1. The monoisotopic (exact) mass is 372 g/mol. The highest BCUT2D eigenvalue weighted by atomic mass is 32.2. The van der Waals surface area contributed by atoms with E-state index >= 15 is 0 Å². The molecular formula is C19H24N4O2S. The number of urea groups is 1. The van der Waals surface area contributed by atoms with Crippen LogP contribution in [0.15, 0.2) is 29.3 Å². The quantitative estimate of drug-likeness (QED) is 0.633. The molecule has 1 aliphatic rings. The van der Waals surface area contributed by atoms with Gasteiger partial charge in [-0.25, -0.2) is 14.8 Å². The molecule has 0 unspecified atom stereocenters. The molecule has 0 radical (unpaired) electrons. The molecule has 6 nitrogen and oxygen atoms in total. The van der Waals surface area contributed by atoms with Gasteiger partial charge in [0.05, 0.1) is 10.8 Å². The van der Waals surface area contributed by atoms with Crippen molar-refractivity contribution in [2.75, 3.05) is 0 Å². The fourth-order valence-corrected chi connectivity index (χ4v) is 3.43. The number of benzene rings is 1. The molecule has 1 aliphatic carbocycles. The van der Waals surface area contributed by atoms with E-state index in [0.717, 1.165) is 34.6 Å². The van der Waals surface area contributed by atoms with Crippen LogP contribution in [0.3, 0.4) is 0 Å². The summed E-state index contributed by atoms with van der Waals surface area (Å²) in [6.07, 6.45) is 2.23. The van der Waals surface area contributed by atoms with Gasteiger partial charge in [0.1, 0.15) is 10.9 Å². The normalized spacial score (nSPS) is 15.5. The molecule has 1 fully saturated rings. The molecule has 3 amide bonds. The van der Waals surface area contributed by atoms with Crippen molar-refractivity contribution in [3.05, 3.63) is 30.1 Å². The molecule has 26 heavy (non-hydrogen) atoms. The molecule has 1 atom stereocenters. The first kappa shape index (κ1) is 18.6. The molecule has 2 N–H and O–H groups in total. The van der Waals surface area contributed by atoms with Crippen LogP contribution >= 0.6 is 11.8 Å². The summed E-state index contributed by atoms with van der Waals surface area (Å²) < 4.78 is 0. The summed E-state index contributed by atoms with van der Waals surface area (Å²) in [5, 5.41) is 6.39. The van der Waals surface area contributed by atoms with E-state index in [1.165, 1.54) is 11.8 Å². The van der Waals surface area contributed by atoms with E-state index in [9.17, 15) is 9.59 Å². The Labute approximate surface area is 157 Å². The molecule has 0 aliphatic heterocycles. The van der Waals surface area contributed by atoms with Gasteiger partial charge in [-0.3, -0.25) is 10.1 Å². The first-order valence-electron chi connectivity index (χ1n) is 8.79. The van der Waals surface area contributed by atoms with Crippen LogP contribution in [0, 0.1) is 0 Å². The van der Waals surface area contributed by atoms with E-state index in [1.807, 2.05) is 45.0 Å². The standard InChI is InChI=1S/C19H24N4O2S/c1-11(16(24)22-18(25)23-19(2,3)4)26-17-13-7-5-6-8-14(13)20-15(21-17)12-9-10-12/h5-8,11-12H,9-10H2,1-4H3,(H2,22,23,24,25)/t11-/m1/s1. The van der Waals surface area contributed by atoms with E-state index in [2.05, 4.69) is 15.6 Å². The second-order valence-electron chi connectivity index (χ2n) is 7.63. The summed E-state index contributed by atoms with van der Waals surface area (Å²) >= 11 is 1.36. The van der Waals surface area contributed by atoms with Crippen molar-refractivity contribution < 1.29 is 9.59 Å². The number of hydrogen-bond donors (Lipinski definition) is 2. The lowest BCUT2D eigenvalue weighted by Gasteiger charge is -2.21. The van der Waals surface area contributed by atoms with E-state index in [-0.39, 0.29) is 5.91 Å². The molecule has 1 heterocycles. The maximum Gasteiger partial charge on any atom is 0.321 e. The number of amides is 3. The van der Waals surface area contributed by atoms with Crippen molar-refractivity contribution in [2.24, 2.45) is 0 Å². The van der Waals surface area contributed by atoms with Crippen LogP contribution in [0.25, 0.3) is 10.9 Å². The van der Waals surface area contributed by atoms with Gasteiger partial charge in [0, 0.05) is 16.8 Å². The third-order valence-corrected chi connectivity index (χ3v) is 5.01. The van der Waals surface area contributed by atoms with Gasteiger partial charge in [0.2, 0.25) is 5.91 Å². The van der Waals surface area contributed by atoms with Crippen LogP contribution in [0.4, 0.5) is 4.79 Å². The average Bonchev–Trinajstić information content (AvgIpc) is 3.37. The number of nitrogens with one attached hydrogen (secondary N) is 2. The SMILES string of the molecule is C[C@@H](Sc1nc(C2CC2)nc2ccccc12)C(=O)NC(=O)NC(C)(C)C. The van der Waals surface area contributed by atoms with Crippen LogP contribution in [0.5, 0.6) is 0 Å². The number of carbonyl (C=O) groups excluding carboxylic acids is 2. The van der Waals surface area contributed by atoms with Crippen molar-refractivity contribution in [3.8, 4) is 0 Å². The topological polar surface area (TPSA) is 84.0 Å². The Bertz CT molecular complexity index is 843. The van der Waals surface area contributed by atoms with Gasteiger partial charge in [-0.1, -0.05) is 30.0 Å². The van der Waals surface area contributed by atoms with Gasteiger partial charge in [0.25, 0.3) is 0 Å². The van der Waals surface area contributed by atoms with Crippen molar-refractivity contribution in [2.45, 2.75) is 62.3 Å². The molecule has 0 saturated heterocycles. The Hall–Kier alpha value is -2.15. The summed E-state index contributed by atoms with van der Waals surface area (Å²) in [4.78, 5) is 33.6. The zero-order chi connectivity index (χ0) is 18.9. The van der Waals surface area contributed by atoms with Crippen LogP contribution < -0.4 is 10.6 Å². The number of hydrogen-bond acceptors (Lipinski definition) is 5. The molecular weight excluding hydrogens is 348 g/mol. The second kappa shape index (κ2) is 7.23. The zero-order valence-corrected chi connectivity index (χ0v) is 16.3. The number of carbonyl (C=O) groups is 2. The molecule has 0 spiro atoms. The number of aromatic nitrogens is 2. The van der Waals surface area contributed by atoms with E-state index in [1.54, 1.807) is 6.92 Å². The lowest BCUT2D eigenvalue weighted by Crippen LogP contribution is -2.49. The van der Waals surface area contributed by atoms with Crippen LogP contribution in [-0.4, -0.2) is 32.7 Å². The molecule has 1 saturated carbocycles. The molecule has 138 valence electrons. The Morgan fingerprint density at radius 3 is 2.54 bits per heavy atom. The van der Waals surface area contributed by atoms with E-state index in [4.69, 9.17) is 4.98 Å². The Kier molecular flexibility index (Phi) is 5.18. The average molecular weight is 372 g/mol. The zero-order valence-electron chi connectivity index (χ0n) is 15.5. The van der Waals surface area contributed by atoms with Gasteiger partial charge in [-0.05, 0) is 46.6 Å². The maximum atomic E-state index is 12.4. The van der Waals surface area contributed by atoms with Gasteiger partial charge in [0.15, 0.2) is 0 Å². The smallest absolute Gasteiger partial charge is 0.321 e. The second-order valence-corrected chi connectivity index (χ2v) is 8.96. The minimum Gasteiger partial charge on any atom is -0.333 e. The molecule has 3 rings (SSSR count). The summed E-state index contributed by atoms with van der Waals surface area (Å²) in [5.41, 5.74) is 0.493. The third kappa shape index (κ3) is 4.72. The molecule has 7 heteroatoms. The first-order valence-corrected chi connectivity index (χ1v) is 9.67. The third-order valence-electron chi connectivity index (χ3n) is 3.91. The highest BCUT2D eigenvalue weighted by molar-refractivity contribution is 8.00. The van der Waals surface area contributed by atoms with Crippen molar-refractivity contribution in [1.82, 2.24) is 20.6 Å². The minimum absolute atomic E-state index is 0.340. The fourth-order valence-electron chi connectivity index (χ4n) is 2.48. The van der Waals surface area contributed by atoms with Crippen LogP contribution in [0.1, 0.15) is 52.3 Å². The number of thioether (sulfide) groups is 1. The molecule has 1 aromatic heterocycles. The number of fused-ring (bicyclic) bond motifs is 1. The first-order chi connectivity index (χ1) is 12.2. The molecule has 1 aromatic carbocycles. The van der Waals surface area contributed by atoms with Crippen molar-refractivity contribution >= 4 is 34.6 Å². The van der Waals surface area contributed by atoms with E-state index < -0.39 is 16.8 Å². The number of nitrogens with zero attached hydrogens (tertiary/aromatic N) is 2. The largest absolute Gasteiger partial charge is 0.333 e. The predicted molar refractivity (Wildman–Crippen MR) is 103 cm³/mol. The Morgan fingerprint density at radius 2 is 1.88 bits per heavy atom. The Balaban J connectivity index is 1.75. The van der Waals surface area contributed by atoms with Gasteiger partial charge in [-0.2, -0.15) is 0 Å². The van der Waals surface area contributed by atoms with Gasteiger partial charge in [-0.15, -0.1) is 0 Å². The van der Waals surface area contributed by atoms with Gasteiger partial charge < -0.3 is 5.32 Å². The predicted octanol–water partition coefficient (Wildman–Crippen LogP) is 3.61. The highest BCUT2D eigenvalue weighted by Gasteiger charge is 2.28. The molecule has 2 aromatic rings. The fraction of sp³-hybridized carbons (Fsp3) is 0.474. The maximum absolute atomic E-state index is 12.4.